The number of sulfonamides is 1. The van der Waals surface area contributed by atoms with Crippen molar-refractivity contribution in [3.63, 3.8) is 0 Å². The summed E-state index contributed by atoms with van der Waals surface area (Å²) in [5.41, 5.74) is 3.76. The summed E-state index contributed by atoms with van der Waals surface area (Å²) in [6, 6.07) is 11.2. The lowest BCUT2D eigenvalue weighted by Crippen LogP contribution is -2.43. The van der Waals surface area contributed by atoms with Gasteiger partial charge in [-0.25, -0.2) is 13.1 Å². The molecule has 0 saturated heterocycles. The molecule has 146 valence electrons. The Morgan fingerprint density at radius 1 is 1.00 bits per heavy atom. The van der Waals surface area contributed by atoms with Crippen LogP contribution in [0.2, 0.25) is 0 Å². The Morgan fingerprint density at radius 2 is 1.64 bits per heavy atom. The number of aryl methyl sites for hydroxylation is 1. The highest BCUT2D eigenvalue weighted by atomic mass is 32.2. The van der Waals surface area contributed by atoms with E-state index in [4.69, 9.17) is 0 Å². The summed E-state index contributed by atoms with van der Waals surface area (Å²) in [6.07, 6.45) is 2.55. The number of aliphatic hydroxyl groups is 1. The Labute approximate surface area is 164 Å². The molecule has 0 fully saturated rings. The molecule has 7 heteroatoms. The van der Waals surface area contributed by atoms with Gasteiger partial charge in [0.25, 0.3) is 0 Å². The highest BCUT2D eigenvalue weighted by Gasteiger charge is 2.37. The van der Waals surface area contributed by atoms with E-state index in [0.717, 1.165) is 27.9 Å². The zero-order valence-corrected chi connectivity index (χ0v) is 16.3. The molecule has 28 heavy (non-hydrogen) atoms. The van der Waals surface area contributed by atoms with Crippen molar-refractivity contribution >= 4 is 21.6 Å². The van der Waals surface area contributed by atoms with Gasteiger partial charge < -0.3 is 10.0 Å². The van der Waals surface area contributed by atoms with E-state index in [-0.39, 0.29) is 17.3 Å². The minimum absolute atomic E-state index is 0.0267. The van der Waals surface area contributed by atoms with Gasteiger partial charge in [0.1, 0.15) is 0 Å². The zero-order valence-electron chi connectivity index (χ0n) is 15.4. The van der Waals surface area contributed by atoms with E-state index in [1.165, 1.54) is 0 Å². The minimum Gasteiger partial charge on any atom is -0.388 e. The lowest BCUT2D eigenvalue weighted by molar-refractivity contribution is -0.118. The maximum Gasteiger partial charge on any atom is 0.240 e. The van der Waals surface area contributed by atoms with Crippen LogP contribution in [0.15, 0.2) is 41.3 Å². The molecular formula is C21H22N2O4S. The first kappa shape index (κ1) is 17.8. The van der Waals surface area contributed by atoms with Crippen molar-refractivity contribution in [2.24, 2.45) is 0 Å². The van der Waals surface area contributed by atoms with Crippen LogP contribution in [0.1, 0.15) is 28.7 Å². The van der Waals surface area contributed by atoms with Crippen LogP contribution >= 0.6 is 0 Å². The summed E-state index contributed by atoms with van der Waals surface area (Å²) in [4.78, 5) is 14.0. The van der Waals surface area contributed by atoms with E-state index in [1.807, 2.05) is 24.3 Å². The van der Waals surface area contributed by atoms with E-state index < -0.39 is 15.6 Å². The second-order valence-corrected chi connectivity index (χ2v) is 9.82. The molecule has 1 amide bonds. The van der Waals surface area contributed by atoms with E-state index in [0.29, 0.717) is 38.6 Å². The number of carbonyl (C=O) groups excluding carboxylic acids is 1. The fraction of sp³-hybridized carbons (Fsp3) is 0.381. The lowest BCUT2D eigenvalue weighted by Gasteiger charge is -2.26. The number of benzene rings is 2. The van der Waals surface area contributed by atoms with Crippen molar-refractivity contribution in [2.45, 2.75) is 42.6 Å². The molecule has 2 aliphatic heterocycles. The van der Waals surface area contributed by atoms with Crippen LogP contribution in [0.5, 0.6) is 0 Å². The smallest absolute Gasteiger partial charge is 0.240 e. The number of amides is 1. The minimum atomic E-state index is -3.75. The van der Waals surface area contributed by atoms with Gasteiger partial charge in [-0.3, -0.25) is 4.79 Å². The number of hydrogen-bond acceptors (Lipinski definition) is 4. The number of nitrogens with one attached hydrogen (secondary N) is 1. The van der Waals surface area contributed by atoms with Gasteiger partial charge in [0.15, 0.2) is 0 Å². The third kappa shape index (κ3) is 2.85. The average molecular weight is 398 g/mol. The Kier molecular flexibility index (Phi) is 3.91. The standard InChI is InChI=1S/C21H22N2O4S/c24-19-6-5-14-9-18(10-15-7-8-23(19)20(14)15)28(26,27)22-13-21(25)11-16-3-1-2-4-17(16)12-21/h1-4,9-10,22,25H,5-8,11-13H2. The molecule has 0 aromatic heterocycles. The van der Waals surface area contributed by atoms with Crippen molar-refractivity contribution in [1.82, 2.24) is 4.72 Å². The monoisotopic (exact) mass is 398 g/mol. The van der Waals surface area contributed by atoms with Crippen LogP contribution < -0.4 is 9.62 Å². The first-order valence-corrected chi connectivity index (χ1v) is 11.1. The predicted molar refractivity (Wildman–Crippen MR) is 105 cm³/mol. The number of rotatable bonds is 4. The maximum atomic E-state index is 12.9. The van der Waals surface area contributed by atoms with Crippen LogP contribution in [-0.4, -0.2) is 38.1 Å². The summed E-state index contributed by atoms with van der Waals surface area (Å²) < 4.78 is 28.5. The number of anilines is 1. The molecule has 6 nitrogen and oxygen atoms in total. The van der Waals surface area contributed by atoms with Gasteiger partial charge in [0, 0.05) is 32.4 Å². The highest BCUT2D eigenvalue weighted by Crippen LogP contribution is 2.38. The SMILES string of the molecule is O=C1CCc2cc(S(=O)(=O)NCC3(O)Cc4ccccc4C3)cc3c2N1CC3. The van der Waals surface area contributed by atoms with Crippen molar-refractivity contribution in [2.75, 3.05) is 18.0 Å². The number of hydrogen-bond donors (Lipinski definition) is 2. The first-order chi connectivity index (χ1) is 13.3. The molecule has 2 N–H and O–H groups in total. The van der Waals surface area contributed by atoms with E-state index >= 15 is 0 Å². The largest absolute Gasteiger partial charge is 0.388 e. The van der Waals surface area contributed by atoms with E-state index in [2.05, 4.69) is 4.72 Å². The van der Waals surface area contributed by atoms with Crippen molar-refractivity contribution in [1.29, 1.82) is 0 Å². The Morgan fingerprint density at radius 3 is 2.32 bits per heavy atom. The van der Waals surface area contributed by atoms with Crippen molar-refractivity contribution < 1.29 is 18.3 Å². The van der Waals surface area contributed by atoms with Gasteiger partial charge in [-0.2, -0.15) is 0 Å². The topological polar surface area (TPSA) is 86.7 Å². The predicted octanol–water partition coefficient (Wildman–Crippen LogP) is 1.33. The summed E-state index contributed by atoms with van der Waals surface area (Å²) in [5.74, 6) is 0.114. The molecule has 1 aliphatic carbocycles. The van der Waals surface area contributed by atoms with E-state index in [9.17, 15) is 18.3 Å². The normalized spacial score (nSPS) is 19.6. The Balaban J connectivity index is 1.38. The van der Waals surface area contributed by atoms with Gasteiger partial charge in [-0.15, -0.1) is 0 Å². The summed E-state index contributed by atoms with van der Waals surface area (Å²) in [6.45, 7) is 0.594. The molecular weight excluding hydrogens is 376 g/mol. The molecule has 0 saturated carbocycles. The molecule has 0 atom stereocenters. The quantitative estimate of drug-likeness (QED) is 0.814. The Bertz CT molecular complexity index is 1070. The molecule has 0 bridgehead atoms. The van der Waals surface area contributed by atoms with Crippen LogP contribution in [0.4, 0.5) is 5.69 Å². The van der Waals surface area contributed by atoms with Gasteiger partial charge >= 0.3 is 0 Å². The lowest BCUT2D eigenvalue weighted by atomic mass is 10.00. The molecule has 3 aliphatic rings. The molecule has 2 heterocycles. The molecule has 0 radical (unpaired) electrons. The number of carbonyl (C=O) groups is 1. The average Bonchev–Trinajstić information content (AvgIpc) is 3.25. The van der Waals surface area contributed by atoms with Crippen LogP contribution in [0.3, 0.4) is 0 Å². The molecule has 5 rings (SSSR count). The van der Waals surface area contributed by atoms with Gasteiger partial charge in [-0.05, 0) is 47.2 Å². The summed E-state index contributed by atoms with van der Waals surface area (Å²) >= 11 is 0. The van der Waals surface area contributed by atoms with Gasteiger partial charge in [-0.1, -0.05) is 24.3 Å². The fourth-order valence-corrected chi connectivity index (χ4v) is 5.91. The fourth-order valence-electron chi connectivity index (χ4n) is 4.69. The first-order valence-electron chi connectivity index (χ1n) is 9.60. The summed E-state index contributed by atoms with van der Waals surface area (Å²) in [7, 11) is -3.75. The molecule has 0 unspecified atom stereocenters. The maximum absolute atomic E-state index is 12.9. The number of fused-ring (bicyclic) bond motifs is 1. The second kappa shape index (κ2) is 6.14. The van der Waals surface area contributed by atoms with Crippen molar-refractivity contribution in [3.05, 3.63) is 58.7 Å². The van der Waals surface area contributed by atoms with Gasteiger partial charge in [0.05, 0.1) is 16.2 Å². The van der Waals surface area contributed by atoms with Crippen molar-refractivity contribution in [3.8, 4) is 0 Å². The van der Waals surface area contributed by atoms with Crippen LogP contribution in [-0.2, 0) is 40.5 Å². The molecule has 2 aromatic rings. The van der Waals surface area contributed by atoms with Gasteiger partial charge in [0.2, 0.25) is 15.9 Å². The summed E-state index contributed by atoms with van der Waals surface area (Å²) in [5, 5.41) is 10.9. The molecule has 0 spiro atoms. The number of nitrogens with zero attached hydrogens (tertiary/aromatic N) is 1. The van der Waals surface area contributed by atoms with Crippen LogP contribution in [0, 0.1) is 0 Å². The highest BCUT2D eigenvalue weighted by molar-refractivity contribution is 7.89. The zero-order chi connectivity index (χ0) is 19.5. The Hall–Kier alpha value is -2.22. The van der Waals surface area contributed by atoms with Crippen LogP contribution in [0.25, 0.3) is 0 Å². The third-order valence-corrected chi connectivity index (χ3v) is 7.46. The molecule has 2 aromatic carbocycles. The second-order valence-electron chi connectivity index (χ2n) is 8.06. The van der Waals surface area contributed by atoms with E-state index in [1.54, 1.807) is 17.0 Å². The third-order valence-electron chi connectivity index (χ3n) is 6.08.